The zero-order valence-electron chi connectivity index (χ0n) is 13.8. The summed E-state index contributed by atoms with van der Waals surface area (Å²) in [6, 6.07) is 1.38. The van der Waals surface area contributed by atoms with Gasteiger partial charge in [0.05, 0.1) is 18.1 Å². The molecule has 1 amide bonds. The van der Waals surface area contributed by atoms with Gasteiger partial charge < -0.3 is 0 Å². The Balaban J connectivity index is 2.33. The van der Waals surface area contributed by atoms with E-state index in [0.29, 0.717) is 23.6 Å². The number of carbonyl (C=O) groups is 1. The minimum atomic E-state index is -0.410. The second kappa shape index (κ2) is 7.59. The maximum atomic E-state index is 13.3. The SMILES string of the molecule is CCN(C(=O)C(C)CSC)n1cc(-c2cncc(F)c2)nc1C. The van der Waals surface area contributed by atoms with Gasteiger partial charge in [-0.05, 0) is 26.2 Å². The van der Waals surface area contributed by atoms with Crippen LogP contribution in [0.3, 0.4) is 0 Å². The minimum absolute atomic E-state index is 0.0475. The van der Waals surface area contributed by atoms with Crippen molar-refractivity contribution in [3.05, 3.63) is 36.3 Å². The van der Waals surface area contributed by atoms with Crippen LogP contribution >= 0.6 is 11.8 Å². The van der Waals surface area contributed by atoms with Crippen LogP contribution in [0.1, 0.15) is 19.7 Å². The summed E-state index contributed by atoms with van der Waals surface area (Å²) in [5, 5.41) is 1.67. The molecular weight excluding hydrogens is 315 g/mol. The summed E-state index contributed by atoms with van der Waals surface area (Å²) >= 11 is 1.65. The summed E-state index contributed by atoms with van der Waals surface area (Å²) in [5.74, 6) is 1.00. The number of thioether (sulfide) groups is 1. The summed E-state index contributed by atoms with van der Waals surface area (Å²) in [6.45, 7) is 6.21. The summed E-state index contributed by atoms with van der Waals surface area (Å²) in [6.07, 6.45) is 6.44. The van der Waals surface area contributed by atoms with E-state index in [1.165, 1.54) is 6.07 Å². The predicted molar refractivity (Wildman–Crippen MR) is 91.5 cm³/mol. The van der Waals surface area contributed by atoms with Gasteiger partial charge in [-0.15, -0.1) is 0 Å². The van der Waals surface area contributed by atoms with Gasteiger partial charge in [-0.3, -0.25) is 9.78 Å². The highest BCUT2D eigenvalue weighted by atomic mass is 32.2. The Bertz CT molecular complexity index is 688. The van der Waals surface area contributed by atoms with Gasteiger partial charge in [0, 0.05) is 30.0 Å². The summed E-state index contributed by atoms with van der Waals surface area (Å²) in [4.78, 5) is 20.9. The number of nitrogens with zero attached hydrogens (tertiary/aromatic N) is 4. The first-order valence-corrected chi connectivity index (χ1v) is 8.84. The summed E-state index contributed by atoms with van der Waals surface area (Å²) in [7, 11) is 0. The molecule has 0 aliphatic heterocycles. The number of imidazole rings is 1. The molecule has 124 valence electrons. The van der Waals surface area contributed by atoms with Crippen LogP contribution in [0, 0.1) is 18.7 Å². The Morgan fingerprint density at radius 1 is 1.48 bits per heavy atom. The molecule has 7 heteroatoms. The molecule has 0 spiro atoms. The van der Waals surface area contributed by atoms with Crippen LogP contribution in [-0.4, -0.2) is 39.1 Å². The molecule has 2 aromatic rings. The molecule has 0 fully saturated rings. The van der Waals surface area contributed by atoms with E-state index in [2.05, 4.69) is 9.97 Å². The van der Waals surface area contributed by atoms with E-state index in [-0.39, 0.29) is 11.8 Å². The maximum Gasteiger partial charge on any atom is 0.245 e. The average molecular weight is 336 g/mol. The van der Waals surface area contributed by atoms with Gasteiger partial charge in [-0.25, -0.2) is 19.1 Å². The molecule has 2 heterocycles. The van der Waals surface area contributed by atoms with Crippen molar-refractivity contribution in [1.82, 2.24) is 14.6 Å². The summed E-state index contributed by atoms with van der Waals surface area (Å²) in [5.41, 5.74) is 1.19. The normalized spacial score (nSPS) is 12.2. The van der Waals surface area contributed by atoms with Gasteiger partial charge in [-0.2, -0.15) is 11.8 Å². The third-order valence-corrected chi connectivity index (χ3v) is 4.34. The first-order valence-electron chi connectivity index (χ1n) is 7.45. The van der Waals surface area contributed by atoms with E-state index < -0.39 is 5.82 Å². The van der Waals surface area contributed by atoms with Crippen LogP contribution in [0.2, 0.25) is 0 Å². The van der Waals surface area contributed by atoms with Gasteiger partial charge in [0.25, 0.3) is 0 Å². The zero-order valence-corrected chi connectivity index (χ0v) is 14.6. The molecule has 0 aliphatic rings. The number of halogens is 1. The van der Waals surface area contributed by atoms with E-state index in [1.807, 2.05) is 27.0 Å². The van der Waals surface area contributed by atoms with Crippen molar-refractivity contribution in [2.45, 2.75) is 20.8 Å². The maximum absolute atomic E-state index is 13.3. The summed E-state index contributed by atoms with van der Waals surface area (Å²) < 4.78 is 15.1. The number of rotatable bonds is 6. The molecule has 2 aromatic heterocycles. The molecule has 0 aromatic carbocycles. The largest absolute Gasteiger partial charge is 0.273 e. The zero-order chi connectivity index (χ0) is 17.0. The second-order valence-electron chi connectivity index (χ2n) is 5.32. The molecule has 0 radical (unpaired) electrons. The van der Waals surface area contributed by atoms with Gasteiger partial charge in [0.1, 0.15) is 11.6 Å². The van der Waals surface area contributed by atoms with Gasteiger partial charge >= 0.3 is 0 Å². The Hall–Kier alpha value is -1.89. The van der Waals surface area contributed by atoms with Crippen LogP contribution in [-0.2, 0) is 4.79 Å². The van der Waals surface area contributed by atoms with Crippen molar-refractivity contribution in [1.29, 1.82) is 0 Å². The Morgan fingerprint density at radius 2 is 2.22 bits per heavy atom. The average Bonchev–Trinajstić information content (AvgIpc) is 2.90. The lowest BCUT2D eigenvalue weighted by Crippen LogP contribution is -2.44. The number of amides is 1. The quantitative estimate of drug-likeness (QED) is 0.814. The molecule has 0 saturated carbocycles. The number of hydrogen-bond donors (Lipinski definition) is 0. The molecule has 1 unspecified atom stereocenters. The van der Waals surface area contributed by atoms with E-state index >= 15 is 0 Å². The Morgan fingerprint density at radius 3 is 2.83 bits per heavy atom. The molecule has 0 bridgehead atoms. The van der Waals surface area contributed by atoms with Gasteiger partial charge in [-0.1, -0.05) is 6.92 Å². The minimum Gasteiger partial charge on any atom is -0.273 e. The first kappa shape index (κ1) is 17.5. The fraction of sp³-hybridized carbons (Fsp3) is 0.438. The standard InChI is InChI=1S/C16H21FN4OS/c1-5-20(16(22)11(2)10-23-4)21-9-15(19-12(21)3)13-6-14(17)8-18-7-13/h6-9,11H,5,10H2,1-4H3. The smallest absolute Gasteiger partial charge is 0.245 e. The topological polar surface area (TPSA) is 51.0 Å². The lowest BCUT2D eigenvalue weighted by Gasteiger charge is -2.25. The van der Waals surface area contributed by atoms with Crippen molar-refractivity contribution >= 4 is 17.7 Å². The van der Waals surface area contributed by atoms with E-state index in [9.17, 15) is 9.18 Å². The van der Waals surface area contributed by atoms with Crippen molar-refractivity contribution in [2.75, 3.05) is 23.6 Å². The van der Waals surface area contributed by atoms with E-state index in [0.717, 1.165) is 11.9 Å². The van der Waals surface area contributed by atoms with E-state index in [1.54, 1.807) is 33.8 Å². The predicted octanol–water partition coefficient (Wildman–Crippen LogP) is 2.88. The number of hydrogen-bond acceptors (Lipinski definition) is 4. The lowest BCUT2D eigenvalue weighted by atomic mass is 10.2. The molecule has 0 aliphatic carbocycles. The molecular formula is C16H21FN4OS. The molecule has 0 N–H and O–H groups in total. The molecule has 5 nitrogen and oxygen atoms in total. The number of aromatic nitrogens is 3. The van der Waals surface area contributed by atoms with Crippen LogP contribution in [0.15, 0.2) is 24.7 Å². The van der Waals surface area contributed by atoms with Crippen LogP contribution in [0.4, 0.5) is 4.39 Å². The highest BCUT2D eigenvalue weighted by Gasteiger charge is 2.22. The second-order valence-corrected chi connectivity index (χ2v) is 6.23. The highest BCUT2D eigenvalue weighted by Crippen LogP contribution is 2.19. The van der Waals surface area contributed by atoms with Gasteiger partial charge in [0.2, 0.25) is 5.91 Å². The lowest BCUT2D eigenvalue weighted by molar-refractivity contribution is -0.122. The molecule has 1 atom stereocenters. The van der Waals surface area contributed by atoms with Crippen LogP contribution in [0.25, 0.3) is 11.3 Å². The number of carbonyl (C=O) groups excluding carboxylic acids is 1. The fourth-order valence-electron chi connectivity index (χ4n) is 2.39. The van der Waals surface area contributed by atoms with Crippen molar-refractivity contribution in [3.8, 4) is 11.3 Å². The molecule has 2 rings (SSSR count). The third kappa shape index (κ3) is 3.90. The molecule has 0 saturated heterocycles. The highest BCUT2D eigenvalue weighted by molar-refractivity contribution is 7.98. The number of aryl methyl sites for hydroxylation is 1. The van der Waals surface area contributed by atoms with Crippen molar-refractivity contribution in [3.63, 3.8) is 0 Å². The Kier molecular flexibility index (Phi) is 5.76. The molecule has 23 heavy (non-hydrogen) atoms. The van der Waals surface area contributed by atoms with Crippen molar-refractivity contribution in [2.24, 2.45) is 5.92 Å². The number of pyridine rings is 1. The van der Waals surface area contributed by atoms with Crippen molar-refractivity contribution < 1.29 is 9.18 Å². The first-order chi connectivity index (χ1) is 11.0. The van der Waals surface area contributed by atoms with Crippen LogP contribution in [0.5, 0.6) is 0 Å². The monoisotopic (exact) mass is 336 g/mol. The van der Waals surface area contributed by atoms with Gasteiger partial charge in [0.15, 0.2) is 0 Å². The fourth-order valence-corrected chi connectivity index (χ4v) is 3.03. The van der Waals surface area contributed by atoms with E-state index in [4.69, 9.17) is 0 Å². The van der Waals surface area contributed by atoms with Crippen LogP contribution < -0.4 is 5.01 Å². The third-order valence-electron chi connectivity index (χ3n) is 3.51. The Labute approximate surface area is 139 Å².